The van der Waals surface area contributed by atoms with E-state index in [1.54, 1.807) is 31.4 Å². The molecule has 6 heteroatoms. The predicted molar refractivity (Wildman–Crippen MR) is 77.9 cm³/mol. The van der Waals surface area contributed by atoms with Crippen LogP contribution in [0.15, 0.2) is 41.0 Å². The van der Waals surface area contributed by atoms with Crippen LogP contribution in [0.2, 0.25) is 5.02 Å². The summed E-state index contributed by atoms with van der Waals surface area (Å²) in [6.45, 7) is 0. The average Bonchev–Trinajstić information content (AvgIpc) is 2.39. The summed E-state index contributed by atoms with van der Waals surface area (Å²) < 4.78 is 6.02. The van der Waals surface area contributed by atoms with Gasteiger partial charge in [0.05, 0.1) is 17.8 Å². The molecule has 0 atom stereocenters. The minimum Gasteiger partial charge on any atom is -0.495 e. The van der Waals surface area contributed by atoms with Crippen molar-refractivity contribution in [3.8, 4) is 5.75 Å². The number of carbonyl (C=O) groups excluding carboxylic acids is 1. The van der Waals surface area contributed by atoms with E-state index in [4.69, 9.17) is 16.3 Å². The monoisotopic (exact) mass is 340 g/mol. The fourth-order valence-electron chi connectivity index (χ4n) is 1.47. The van der Waals surface area contributed by atoms with Crippen molar-refractivity contribution in [1.29, 1.82) is 0 Å². The number of benzene rings is 1. The molecule has 0 unspecified atom stereocenters. The summed E-state index contributed by atoms with van der Waals surface area (Å²) in [6, 6.07) is 8.51. The number of nitrogens with one attached hydrogen (secondary N) is 1. The fraction of sp³-hybridized carbons (Fsp3) is 0.0769. The van der Waals surface area contributed by atoms with Crippen molar-refractivity contribution in [1.82, 2.24) is 4.98 Å². The van der Waals surface area contributed by atoms with E-state index in [-0.39, 0.29) is 11.6 Å². The lowest BCUT2D eigenvalue weighted by Gasteiger charge is -2.10. The van der Waals surface area contributed by atoms with Crippen LogP contribution in [0.1, 0.15) is 10.5 Å². The van der Waals surface area contributed by atoms with Gasteiger partial charge in [-0.2, -0.15) is 0 Å². The molecule has 1 heterocycles. The van der Waals surface area contributed by atoms with Crippen LogP contribution in [0, 0.1) is 0 Å². The Hall–Kier alpha value is -1.59. The highest BCUT2D eigenvalue weighted by molar-refractivity contribution is 9.10. The highest BCUT2D eigenvalue weighted by Gasteiger charge is 2.11. The molecule has 0 saturated carbocycles. The van der Waals surface area contributed by atoms with Gasteiger partial charge in [0, 0.05) is 10.7 Å². The number of nitrogens with zero attached hydrogens (tertiary/aromatic N) is 1. The zero-order chi connectivity index (χ0) is 13.8. The quantitative estimate of drug-likeness (QED) is 0.925. The van der Waals surface area contributed by atoms with Gasteiger partial charge in [0.15, 0.2) is 0 Å². The second-order valence-electron chi connectivity index (χ2n) is 3.66. The Morgan fingerprint density at radius 3 is 2.79 bits per heavy atom. The summed E-state index contributed by atoms with van der Waals surface area (Å²) in [6.07, 6.45) is 1.43. The molecule has 1 aromatic carbocycles. The Balaban J connectivity index is 2.23. The van der Waals surface area contributed by atoms with Gasteiger partial charge in [-0.3, -0.25) is 4.79 Å². The van der Waals surface area contributed by atoms with Crippen molar-refractivity contribution in [2.75, 3.05) is 12.4 Å². The van der Waals surface area contributed by atoms with Gasteiger partial charge in [-0.1, -0.05) is 27.5 Å². The molecule has 0 aliphatic heterocycles. The molecule has 2 rings (SSSR count). The molecular formula is C13H10BrClN2O2. The van der Waals surface area contributed by atoms with Crippen molar-refractivity contribution in [2.45, 2.75) is 0 Å². The first kappa shape index (κ1) is 13.8. The van der Waals surface area contributed by atoms with Crippen LogP contribution < -0.4 is 10.1 Å². The second-order valence-corrected chi connectivity index (χ2v) is 5.01. The van der Waals surface area contributed by atoms with E-state index in [1.165, 1.54) is 6.20 Å². The van der Waals surface area contributed by atoms with Crippen LogP contribution in [0.4, 0.5) is 5.69 Å². The van der Waals surface area contributed by atoms with Crippen LogP contribution in [0.5, 0.6) is 5.75 Å². The molecule has 1 aromatic heterocycles. The summed E-state index contributed by atoms with van der Waals surface area (Å²) in [5.41, 5.74) is 0.852. The number of anilines is 1. The molecule has 98 valence electrons. The van der Waals surface area contributed by atoms with E-state index in [9.17, 15) is 4.79 Å². The number of methoxy groups -OCH3 is 1. The van der Waals surface area contributed by atoms with E-state index < -0.39 is 0 Å². The summed E-state index contributed by atoms with van der Waals surface area (Å²) in [4.78, 5) is 16.0. The van der Waals surface area contributed by atoms with Crippen molar-refractivity contribution < 1.29 is 9.53 Å². The van der Waals surface area contributed by atoms with Gasteiger partial charge in [-0.05, 0) is 30.3 Å². The van der Waals surface area contributed by atoms with Gasteiger partial charge in [0.25, 0.3) is 5.91 Å². The fourth-order valence-corrected chi connectivity index (χ4v) is 1.95. The number of rotatable bonds is 3. The third kappa shape index (κ3) is 3.45. The highest BCUT2D eigenvalue weighted by Crippen LogP contribution is 2.28. The largest absolute Gasteiger partial charge is 0.495 e. The number of amides is 1. The van der Waals surface area contributed by atoms with E-state index in [0.717, 1.165) is 4.47 Å². The third-order valence-electron chi connectivity index (χ3n) is 2.37. The number of hydrogen-bond acceptors (Lipinski definition) is 3. The van der Waals surface area contributed by atoms with Gasteiger partial charge in [0.2, 0.25) is 0 Å². The molecule has 0 aliphatic carbocycles. The maximum Gasteiger partial charge on any atom is 0.274 e. The Morgan fingerprint density at radius 1 is 1.37 bits per heavy atom. The molecular weight excluding hydrogens is 332 g/mol. The average molecular weight is 342 g/mol. The summed E-state index contributed by atoms with van der Waals surface area (Å²) >= 11 is 9.07. The van der Waals surface area contributed by atoms with Gasteiger partial charge >= 0.3 is 0 Å². The van der Waals surface area contributed by atoms with E-state index in [1.807, 2.05) is 6.07 Å². The van der Waals surface area contributed by atoms with Crippen molar-refractivity contribution in [3.05, 3.63) is 51.7 Å². The number of pyridine rings is 1. The van der Waals surface area contributed by atoms with Crippen molar-refractivity contribution in [3.63, 3.8) is 0 Å². The van der Waals surface area contributed by atoms with Gasteiger partial charge in [-0.15, -0.1) is 0 Å². The standard InChI is InChI=1S/C13H10BrClN2O2/c1-19-12-5-2-8(14)6-11(12)17-13(18)10-4-3-9(15)7-16-10/h2-7H,1H3,(H,17,18). The lowest BCUT2D eigenvalue weighted by molar-refractivity contribution is 0.102. The molecule has 1 N–H and O–H groups in total. The first-order chi connectivity index (χ1) is 9.10. The first-order valence-corrected chi connectivity index (χ1v) is 6.53. The smallest absolute Gasteiger partial charge is 0.274 e. The zero-order valence-electron chi connectivity index (χ0n) is 9.98. The van der Waals surface area contributed by atoms with E-state index >= 15 is 0 Å². The minimum atomic E-state index is -0.326. The topological polar surface area (TPSA) is 51.2 Å². The molecule has 0 aliphatic rings. The van der Waals surface area contributed by atoms with Crippen LogP contribution >= 0.6 is 27.5 Å². The number of aromatic nitrogens is 1. The zero-order valence-corrected chi connectivity index (χ0v) is 12.3. The lowest BCUT2D eigenvalue weighted by atomic mass is 10.2. The third-order valence-corrected chi connectivity index (χ3v) is 3.09. The van der Waals surface area contributed by atoms with Crippen molar-refractivity contribution >= 4 is 39.1 Å². The van der Waals surface area contributed by atoms with E-state index in [2.05, 4.69) is 26.2 Å². The Morgan fingerprint density at radius 2 is 2.16 bits per heavy atom. The molecule has 0 saturated heterocycles. The van der Waals surface area contributed by atoms with E-state index in [0.29, 0.717) is 16.5 Å². The molecule has 2 aromatic rings. The van der Waals surface area contributed by atoms with Crippen LogP contribution in [0.3, 0.4) is 0 Å². The normalized spacial score (nSPS) is 10.1. The number of hydrogen-bond donors (Lipinski definition) is 1. The van der Waals surface area contributed by atoms with Gasteiger partial charge in [0.1, 0.15) is 11.4 Å². The molecule has 0 fully saturated rings. The molecule has 0 bridgehead atoms. The van der Waals surface area contributed by atoms with Crippen LogP contribution in [0.25, 0.3) is 0 Å². The second kappa shape index (κ2) is 6.04. The number of carbonyl (C=O) groups is 1. The Bertz CT molecular complexity index is 602. The SMILES string of the molecule is COc1ccc(Br)cc1NC(=O)c1ccc(Cl)cn1. The molecule has 4 nitrogen and oxygen atoms in total. The number of halogens is 2. The Kier molecular flexibility index (Phi) is 4.39. The maximum absolute atomic E-state index is 12.0. The van der Waals surface area contributed by atoms with Crippen LogP contribution in [-0.4, -0.2) is 18.0 Å². The molecule has 19 heavy (non-hydrogen) atoms. The molecule has 0 spiro atoms. The summed E-state index contributed by atoms with van der Waals surface area (Å²) in [5, 5.41) is 3.22. The van der Waals surface area contributed by atoms with Gasteiger partial charge in [-0.25, -0.2) is 4.98 Å². The molecule has 1 amide bonds. The van der Waals surface area contributed by atoms with Crippen molar-refractivity contribution in [2.24, 2.45) is 0 Å². The Labute approximate surface area is 123 Å². The first-order valence-electron chi connectivity index (χ1n) is 5.36. The molecule has 0 radical (unpaired) electrons. The highest BCUT2D eigenvalue weighted by atomic mass is 79.9. The van der Waals surface area contributed by atoms with Crippen LogP contribution in [-0.2, 0) is 0 Å². The number of ether oxygens (including phenoxy) is 1. The van der Waals surface area contributed by atoms with Gasteiger partial charge < -0.3 is 10.1 Å². The summed E-state index contributed by atoms with van der Waals surface area (Å²) in [7, 11) is 1.54. The lowest BCUT2D eigenvalue weighted by Crippen LogP contribution is -2.14. The maximum atomic E-state index is 12.0. The minimum absolute atomic E-state index is 0.284. The predicted octanol–water partition coefficient (Wildman–Crippen LogP) is 3.76. The summed E-state index contributed by atoms with van der Waals surface area (Å²) in [5.74, 6) is 0.249.